The number of nitrogens with one attached hydrogen (secondary N) is 2. The van der Waals surface area contributed by atoms with Crippen molar-refractivity contribution < 1.29 is 8.42 Å². The van der Waals surface area contributed by atoms with Crippen molar-refractivity contribution in [3.8, 4) is 0 Å². The number of aromatic nitrogens is 2. The van der Waals surface area contributed by atoms with Gasteiger partial charge in [0.05, 0.1) is 0 Å². The summed E-state index contributed by atoms with van der Waals surface area (Å²) in [6.07, 6.45) is 4.77. The summed E-state index contributed by atoms with van der Waals surface area (Å²) in [6, 6.07) is 0. The minimum Gasteiger partial charge on any atom is -0.337 e. The molecule has 8 heteroatoms. The summed E-state index contributed by atoms with van der Waals surface area (Å²) >= 11 is 0. The van der Waals surface area contributed by atoms with Crippen LogP contribution in [0.2, 0.25) is 0 Å². The third-order valence-electron chi connectivity index (χ3n) is 3.61. The summed E-state index contributed by atoms with van der Waals surface area (Å²) < 4.78 is 28.4. The van der Waals surface area contributed by atoms with Crippen LogP contribution in [0.5, 0.6) is 0 Å². The fourth-order valence-electron chi connectivity index (χ4n) is 2.30. The normalized spacial score (nSPS) is 19.6. The molecular formula is C12H23ClN4O2S. The van der Waals surface area contributed by atoms with E-state index in [1.165, 1.54) is 12.8 Å². The first-order valence-corrected chi connectivity index (χ1v) is 8.18. The van der Waals surface area contributed by atoms with E-state index < -0.39 is 10.0 Å². The minimum atomic E-state index is -3.47. The van der Waals surface area contributed by atoms with E-state index in [2.05, 4.69) is 15.0 Å². The molecule has 1 unspecified atom stereocenters. The highest BCUT2D eigenvalue weighted by Crippen LogP contribution is 2.14. The van der Waals surface area contributed by atoms with Crippen molar-refractivity contribution in [2.75, 3.05) is 19.6 Å². The third kappa shape index (κ3) is 4.44. The first-order chi connectivity index (χ1) is 8.99. The lowest BCUT2D eigenvalue weighted by Crippen LogP contribution is -2.33. The Bertz CT molecular complexity index is 504. The number of rotatable bonds is 5. The van der Waals surface area contributed by atoms with Gasteiger partial charge in [-0.05, 0) is 45.2 Å². The monoisotopic (exact) mass is 322 g/mol. The fraction of sp³-hybridized carbons (Fsp3) is 0.750. The predicted molar refractivity (Wildman–Crippen MR) is 80.6 cm³/mol. The zero-order valence-corrected chi connectivity index (χ0v) is 13.6. The standard InChI is InChI=1S/C12H22N4O2S.ClH/c1-10-15-12(9-16(10)2)19(17,18)14-7-5-11-4-3-6-13-8-11;/h9,11,13-14H,3-8H2,1-2H3;1H. The summed E-state index contributed by atoms with van der Waals surface area (Å²) in [4.78, 5) is 4.05. The molecule has 0 spiro atoms. The van der Waals surface area contributed by atoms with E-state index in [9.17, 15) is 8.42 Å². The van der Waals surface area contributed by atoms with Crippen molar-refractivity contribution in [2.45, 2.75) is 31.2 Å². The lowest BCUT2D eigenvalue weighted by molar-refractivity contribution is 0.358. The SMILES string of the molecule is Cc1nc(S(=O)(=O)NCCC2CCCNC2)cn1C.Cl. The first kappa shape index (κ1) is 17.4. The summed E-state index contributed by atoms with van der Waals surface area (Å²) in [5, 5.41) is 3.44. The van der Waals surface area contributed by atoms with Crippen LogP contribution in [-0.4, -0.2) is 37.6 Å². The van der Waals surface area contributed by atoms with Crippen LogP contribution in [0.15, 0.2) is 11.2 Å². The number of piperidine rings is 1. The molecule has 0 aliphatic carbocycles. The Labute approximate surface area is 126 Å². The Kier molecular flexibility index (Phi) is 6.44. The molecule has 1 aromatic rings. The van der Waals surface area contributed by atoms with Gasteiger partial charge in [-0.3, -0.25) is 0 Å². The van der Waals surface area contributed by atoms with E-state index in [0.29, 0.717) is 18.3 Å². The van der Waals surface area contributed by atoms with Gasteiger partial charge in [-0.2, -0.15) is 0 Å². The molecule has 0 aromatic carbocycles. The molecule has 1 atom stereocenters. The fourth-order valence-corrected chi connectivity index (χ4v) is 3.38. The maximum Gasteiger partial charge on any atom is 0.259 e. The maximum absolute atomic E-state index is 12.0. The summed E-state index contributed by atoms with van der Waals surface area (Å²) in [7, 11) is -1.68. The summed E-state index contributed by atoms with van der Waals surface area (Å²) in [6.45, 7) is 4.33. The zero-order valence-electron chi connectivity index (χ0n) is 11.9. The van der Waals surface area contributed by atoms with Crippen molar-refractivity contribution in [1.82, 2.24) is 19.6 Å². The number of imidazole rings is 1. The van der Waals surface area contributed by atoms with Crippen molar-refractivity contribution in [3.05, 3.63) is 12.0 Å². The lowest BCUT2D eigenvalue weighted by atomic mass is 9.96. The van der Waals surface area contributed by atoms with Crippen LogP contribution >= 0.6 is 12.4 Å². The van der Waals surface area contributed by atoms with Crippen LogP contribution in [0.4, 0.5) is 0 Å². The minimum absolute atomic E-state index is 0. The van der Waals surface area contributed by atoms with Gasteiger partial charge in [0, 0.05) is 19.8 Å². The number of sulfonamides is 1. The van der Waals surface area contributed by atoms with Crippen molar-refractivity contribution >= 4 is 22.4 Å². The zero-order chi connectivity index (χ0) is 13.9. The van der Waals surface area contributed by atoms with Gasteiger partial charge in [0.1, 0.15) is 5.82 Å². The van der Waals surface area contributed by atoms with Crippen molar-refractivity contribution in [1.29, 1.82) is 0 Å². The highest BCUT2D eigenvalue weighted by atomic mass is 35.5. The highest BCUT2D eigenvalue weighted by Gasteiger charge is 2.19. The number of hydrogen-bond donors (Lipinski definition) is 2. The second-order valence-electron chi connectivity index (χ2n) is 5.14. The Hall–Kier alpha value is -0.630. The predicted octanol–water partition coefficient (Wildman–Crippen LogP) is 0.818. The summed E-state index contributed by atoms with van der Waals surface area (Å²) in [5.74, 6) is 1.26. The lowest BCUT2D eigenvalue weighted by Gasteiger charge is -2.22. The van der Waals surface area contributed by atoms with Gasteiger partial charge in [0.25, 0.3) is 10.0 Å². The molecule has 0 amide bonds. The van der Waals surface area contributed by atoms with Gasteiger partial charge < -0.3 is 9.88 Å². The molecular weight excluding hydrogens is 300 g/mol. The Morgan fingerprint density at radius 3 is 2.85 bits per heavy atom. The quantitative estimate of drug-likeness (QED) is 0.841. The smallest absolute Gasteiger partial charge is 0.259 e. The summed E-state index contributed by atoms with van der Waals surface area (Å²) in [5.41, 5.74) is 0. The Morgan fingerprint density at radius 1 is 1.55 bits per heavy atom. The van der Waals surface area contributed by atoms with Crippen LogP contribution in [0.25, 0.3) is 0 Å². The average Bonchev–Trinajstić information content (AvgIpc) is 2.72. The molecule has 0 saturated carbocycles. The second-order valence-corrected chi connectivity index (χ2v) is 6.85. The van der Waals surface area contributed by atoms with Crippen LogP contribution in [0.1, 0.15) is 25.1 Å². The molecule has 1 aliphatic heterocycles. The second kappa shape index (κ2) is 7.40. The van der Waals surface area contributed by atoms with Gasteiger partial charge in [0.2, 0.25) is 0 Å². The Balaban J connectivity index is 0.00000200. The number of nitrogens with zero attached hydrogens (tertiary/aromatic N) is 2. The largest absolute Gasteiger partial charge is 0.337 e. The van der Waals surface area contributed by atoms with Crippen LogP contribution in [0.3, 0.4) is 0 Å². The van der Waals surface area contributed by atoms with E-state index in [1.807, 2.05) is 0 Å². The molecule has 1 fully saturated rings. The molecule has 6 nitrogen and oxygen atoms in total. The van der Waals surface area contributed by atoms with Crippen molar-refractivity contribution in [2.24, 2.45) is 13.0 Å². The Morgan fingerprint density at radius 2 is 2.30 bits per heavy atom. The van der Waals surface area contributed by atoms with E-state index >= 15 is 0 Å². The first-order valence-electron chi connectivity index (χ1n) is 6.69. The molecule has 1 saturated heterocycles. The molecule has 0 radical (unpaired) electrons. The van der Waals surface area contributed by atoms with Gasteiger partial charge in [-0.1, -0.05) is 0 Å². The number of halogens is 1. The van der Waals surface area contributed by atoms with Crippen molar-refractivity contribution in [3.63, 3.8) is 0 Å². The molecule has 116 valence electrons. The van der Waals surface area contributed by atoms with Crippen LogP contribution in [-0.2, 0) is 17.1 Å². The number of hydrogen-bond acceptors (Lipinski definition) is 4. The molecule has 1 aliphatic rings. The highest BCUT2D eigenvalue weighted by molar-refractivity contribution is 7.89. The van der Waals surface area contributed by atoms with Crippen LogP contribution in [0, 0.1) is 12.8 Å². The van der Waals surface area contributed by atoms with Gasteiger partial charge in [0.15, 0.2) is 5.03 Å². The van der Waals surface area contributed by atoms with Gasteiger partial charge in [-0.15, -0.1) is 12.4 Å². The topological polar surface area (TPSA) is 76.0 Å². The number of aryl methyl sites for hydroxylation is 2. The average molecular weight is 323 g/mol. The van der Waals surface area contributed by atoms with Crippen LogP contribution < -0.4 is 10.0 Å². The van der Waals surface area contributed by atoms with Gasteiger partial charge >= 0.3 is 0 Å². The molecule has 2 heterocycles. The van der Waals surface area contributed by atoms with E-state index in [4.69, 9.17) is 0 Å². The van der Waals surface area contributed by atoms with E-state index in [1.54, 1.807) is 24.7 Å². The van der Waals surface area contributed by atoms with E-state index in [-0.39, 0.29) is 17.4 Å². The molecule has 1 aromatic heterocycles. The molecule has 2 rings (SSSR count). The molecule has 2 N–H and O–H groups in total. The van der Waals surface area contributed by atoms with Gasteiger partial charge in [-0.25, -0.2) is 18.1 Å². The third-order valence-corrected chi connectivity index (χ3v) is 4.94. The molecule has 20 heavy (non-hydrogen) atoms. The maximum atomic E-state index is 12.0. The van der Waals surface area contributed by atoms with E-state index in [0.717, 1.165) is 19.5 Å². The molecule has 0 bridgehead atoms.